The van der Waals surface area contributed by atoms with Crippen LogP contribution in [0.15, 0.2) is 36.5 Å². The van der Waals surface area contributed by atoms with Crippen molar-refractivity contribution in [1.82, 2.24) is 14.5 Å². The number of imidazole rings is 1. The lowest BCUT2D eigenvalue weighted by molar-refractivity contribution is 0.787. The van der Waals surface area contributed by atoms with E-state index < -0.39 is 0 Å². The number of nitrogens with zero attached hydrogens (tertiary/aromatic N) is 3. The Morgan fingerprint density at radius 2 is 2.05 bits per heavy atom. The molecule has 19 heavy (non-hydrogen) atoms. The van der Waals surface area contributed by atoms with Crippen molar-refractivity contribution in [2.45, 2.75) is 20.4 Å². The molecule has 0 aliphatic rings. The molecule has 0 unspecified atom stereocenters. The number of fused-ring (bicyclic) bond motifs is 1. The van der Waals surface area contributed by atoms with Crippen LogP contribution in [-0.4, -0.2) is 14.5 Å². The minimum atomic E-state index is 0.755. The van der Waals surface area contributed by atoms with Gasteiger partial charge in [-0.1, -0.05) is 12.1 Å². The number of nitrogen functional groups attached to an aromatic ring is 1. The molecule has 0 amide bonds. The molecule has 0 bridgehead atoms. The summed E-state index contributed by atoms with van der Waals surface area (Å²) in [4.78, 5) is 9.11. The van der Waals surface area contributed by atoms with Crippen LogP contribution in [0.3, 0.4) is 0 Å². The molecule has 3 rings (SSSR count). The van der Waals surface area contributed by atoms with Gasteiger partial charge in [-0.15, -0.1) is 0 Å². The quantitative estimate of drug-likeness (QED) is 0.713. The molecule has 0 saturated heterocycles. The molecule has 4 nitrogen and oxygen atoms in total. The average Bonchev–Trinajstić information content (AvgIpc) is 2.76. The van der Waals surface area contributed by atoms with Crippen LogP contribution >= 0.6 is 0 Å². The molecule has 0 saturated carbocycles. The third-order valence-corrected chi connectivity index (χ3v) is 3.35. The number of benzene rings is 1. The van der Waals surface area contributed by atoms with Crippen LogP contribution in [0.1, 0.15) is 12.5 Å². The Labute approximate surface area is 111 Å². The van der Waals surface area contributed by atoms with Crippen molar-refractivity contribution in [3.8, 4) is 11.4 Å². The Hall–Kier alpha value is -2.36. The fraction of sp³-hybridized carbons (Fsp3) is 0.200. The summed E-state index contributed by atoms with van der Waals surface area (Å²) in [6, 6.07) is 9.81. The fourth-order valence-electron chi connectivity index (χ4n) is 2.44. The lowest BCUT2D eigenvalue weighted by Crippen LogP contribution is -2.02. The summed E-state index contributed by atoms with van der Waals surface area (Å²) in [5.74, 6) is 0.895. The highest BCUT2D eigenvalue weighted by atomic mass is 15.1. The molecule has 0 atom stereocenters. The lowest BCUT2D eigenvalue weighted by atomic mass is 10.1. The second kappa shape index (κ2) is 4.39. The smallest absolute Gasteiger partial charge is 0.160 e. The van der Waals surface area contributed by atoms with E-state index in [0.29, 0.717) is 0 Å². The first-order valence-corrected chi connectivity index (χ1v) is 6.39. The molecule has 2 heterocycles. The molecular formula is C15H16N4. The van der Waals surface area contributed by atoms with E-state index in [9.17, 15) is 0 Å². The first kappa shape index (κ1) is 11.7. The Morgan fingerprint density at radius 1 is 1.21 bits per heavy atom. The van der Waals surface area contributed by atoms with Crippen LogP contribution in [-0.2, 0) is 6.54 Å². The number of aryl methyl sites for hydroxylation is 2. The predicted molar refractivity (Wildman–Crippen MR) is 77.8 cm³/mol. The summed E-state index contributed by atoms with van der Waals surface area (Å²) in [6.07, 6.45) is 1.79. The summed E-state index contributed by atoms with van der Waals surface area (Å²) in [5, 5.41) is 0. The topological polar surface area (TPSA) is 56.7 Å². The van der Waals surface area contributed by atoms with Gasteiger partial charge in [0.15, 0.2) is 5.65 Å². The zero-order valence-corrected chi connectivity index (χ0v) is 11.1. The Morgan fingerprint density at radius 3 is 2.79 bits per heavy atom. The van der Waals surface area contributed by atoms with Gasteiger partial charge < -0.3 is 10.3 Å². The van der Waals surface area contributed by atoms with Gasteiger partial charge in [-0.3, -0.25) is 0 Å². The number of pyridine rings is 1. The molecular weight excluding hydrogens is 236 g/mol. The molecule has 2 N–H and O–H groups in total. The molecule has 0 aliphatic carbocycles. The first-order valence-electron chi connectivity index (χ1n) is 6.39. The number of rotatable bonds is 2. The predicted octanol–water partition coefficient (Wildman–Crippen LogP) is 3.01. The zero-order valence-electron chi connectivity index (χ0n) is 11.1. The van der Waals surface area contributed by atoms with Crippen LogP contribution in [0.2, 0.25) is 0 Å². The minimum absolute atomic E-state index is 0.755. The summed E-state index contributed by atoms with van der Waals surface area (Å²) in [6.45, 7) is 4.96. The van der Waals surface area contributed by atoms with E-state index in [4.69, 9.17) is 10.7 Å². The van der Waals surface area contributed by atoms with Crippen LogP contribution in [0, 0.1) is 6.92 Å². The maximum atomic E-state index is 6.13. The van der Waals surface area contributed by atoms with E-state index in [-0.39, 0.29) is 0 Å². The summed E-state index contributed by atoms with van der Waals surface area (Å²) in [7, 11) is 0. The van der Waals surface area contributed by atoms with Crippen LogP contribution < -0.4 is 5.73 Å². The molecule has 96 valence electrons. The van der Waals surface area contributed by atoms with Gasteiger partial charge in [0, 0.05) is 24.0 Å². The van der Waals surface area contributed by atoms with Gasteiger partial charge >= 0.3 is 0 Å². The van der Waals surface area contributed by atoms with Gasteiger partial charge in [-0.25, -0.2) is 9.97 Å². The van der Waals surface area contributed by atoms with E-state index in [0.717, 1.165) is 40.3 Å². The van der Waals surface area contributed by atoms with Crippen LogP contribution in [0.25, 0.3) is 22.6 Å². The third-order valence-electron chi connectivity index (χ3n) is 3.35. The second-order valence-electron chi connectivity index (χ2n) is 4.56. The number of aromatic nitrogens is 3. The monoisotopic (exact) mass is 252 g/mol. The van der Waals surface area contributed by atoms with Crippen LogP contribution in [0.4, 0.5) is 5.69 Å². The maximum Gasteiger partial charge on any atom is 0.160 e. The molecule has 0 fully saturated rings. The lowest BCUT2D eigenvalue weighted by Gasteiger charge is -2.10. The normalized spacial score (nSPS) is 11.1. The third kappa shape index (κ3) is 1.76. The standard InChI is InChI=1S/C15H16N4/c1-3-19-14-12(8-5-9-17-14)18-15(19)13-10(2)6-4-7-11(13)16/h4-9H,3,16H2,1-2H3. The Bertz CT molecular complexity index is 723. The second-order valence-corrected chi connectivity index (χ2v) is 4.56. The van der Waals surface area contributed by atoms with Gasteiger partial charge in [0.25, 0.3) is 0 Å². The van der Waals surface area contributed by atoms with Crippen molar-refractivity contribution in [3.05, 3.63) is 42.1 Å². The number of anilines is 1. The summed E-state index contributed by atoms with van der Waals surface area (Å²) >= 11 is 0. The van der Waals surface area contributed by atoms with Crippen LogP contribution in [0.5, 0.6) is 0 Å². The highest BCUT2D eigenvalue weighted by Gasteiger charge is 2.15. The van der Waals surface area contributed by atoms with E-state index in [1.54, 1.807) is 6.20 Å². The van der Waals surface area contributed by atoms with E-state index in [1.807, 2.05) is 24.3 Å². The van der Waals surface area contributed by atoms with E-state index in [1.165, 1.54) is 0 Å². The molecule has 4 heteroatoms. The average molecular weight is 252 g/mol. The van der Waals surface area contributed by atoms with Crippen molar-refractivity contribution in [2.75, 3.05) is 5.73 Å². The zero-order chi connectivity index (χ0) is 13.4. The Balaban J connectivity index is 2.37. The van der Waals surface area contributed by atoms with Gasteiger partial charge in [0.2, 0.25) is 0 Å². The van der Waals surface area contributed by atoms with Gasteiger partial charge in [0.05, 0.1) is 0 Å². The van der Waals surface area contributed by atoms with E-state index >= 15 is 0 Å². The van der Waals surface area contributed by atoms with Gasteiger partial charge in [-0.2, -0.15) is 0 Å². The largest absolute Gasteiger partial charge is 0.398 e. The van der Waals surface area contributed by atoms with E-state index in [2.05, 4.69) is 29.5 Å². The molecule has 0 aliphatic heterocycles. The molecule has 1 aromatic carbocycles. The number of hydrogen-bond acceptors (Lipinski definition) is 3. The van der Waals surface area contributed by atoms with Crippen molar-refractivity contribution < 1.29 is 0 Å². The first-order chi connectivity index (χ1) is 9.22. The Kier molecular flexibility index (Phi) is 2.71. The summed E-state index contributed by atoms with van der Waals surface area (Å²) in [5.41, 5.74) is 10.8. The van der Waals surface area contributed by atoms with Crippen molar-refractivity contribution >= 4 is 16.9 Å². The molecule has 3 aromatic rings. The molecule has 2 aromatic heterocycles. The van der Waals surface area contributed by atoms with Gasteiger partial charge in [-0.05, 0) is 37.6 Å². The fourth-order valence-corrected chi connectivity index (χ4v) is 2.44. The molecule has 0 radical (unpaired) electrons. The number of nitrogens with two attached hydrogens (primary N) is 1. The highest BCUT2D eigenvalue weighted by Crippen LogP contribution is 2.30. The van der Waals surface area contributed by atoms with Gasteiger partial charge in [0.1, 0.15) is 11.3 Å². The molecule has 0 spiro atoms. The minimum Gasteiger partial charge on any atom is -0.398 e. The van der Waals surface area contributed by atoms with Crippen molar-refractivity contribution in [1.29, 1.82) is 0 Å². The van der Waals surface area contributed by atoms with Crippen molar-refractivity contribution in [2.24, 2.45) is 0 Å². The summed E-state index contributed by atoms with van der Waals surface area (Å²) < 4.78 is 2.11. The SMILES string of the molecule is CCn1c(-c2c(C)cccc2N)nc2cccnc21. The maximum absolute atomic E-state index is 6.13. The highest BCUT2D eigenvalue weighted by molar-refractivity contribution is 5.82. The number of hydrogen-bond donors (Lipinski definition) is 1. The van der Waals surface area contributed by atoms with Crippen molar-refractivity contribution in [3.63, 3.8) is 0 Å².